The molecule has 0 saturated carbocycles. The summed E-state index contributed by atoms with van der Waals surface area (Å²) in [6, 6.07) is 12.2. The van der Waals surface area contributed by atoms with Gasteiger partial charge in [0.2, 0.25) is 15.9 Å². The van der Waals surface area contributed by atoms with Crippen LogP contribution >= 0.6 is 0 Å². The number of nitrogens with one attached hydrogen (secondary N) is 1. The van der Waals surface area contributed by atoms with Gasteiger partial charge in [-0.2, -0.15) is 4.31 Å². The molecule has 1 aromatic carbocycles. The van der Waals surface area contributed by atoms with Crippen LogP contribution < -0.4 is 5.32 Å². The Hall–Kier alpha value is -2.78. The lowest BCUT2D eigenvalue weighted by molar-refractivity contribution is -0.121. The van der Waals surface area contributed by atoms with Crippen molar-refractivity contribution in [3.8, 4) is 0 Å². The molecular formula is C22H27N5O3S. The smallest absolute Gasteiger partial charge is 0.243 e. The molecule has 31 heavy (non-hydrogen) atoms. The molecule has 1 saturated heterocycles. The fourth-order valence-electron chi connectivity index (χ4n) is 3.87. The van der Waals surface area contributed by atoms with Crippen molar-refractivity contribution in [1.82, 2.24) is 24.2 Å². The van der Waals surface area contributed by atoms with Crippen LogP contribution in [-0.4, -0.2) is 46.3 Å². The maximum atomic E-state index is 12.7. The largest absolute Gasteiger partial charge is 0.346 e. The average molecular weight is 442 g/mol. The molecule has 1 N–H and O–H groups in total. The number of hydrogen-bond acceptors (Lipinski definition) is 5. The normalized spacial score (nSPS) is 16.3. The highest BCUT2D eigenvalue weighted by atomic mass is 32.2. The molecule has 1 aliphatic heterocycles. The molecule has 0 aliphatic carbocycles. The average Bonchev–Trinajstić information content (AvgIpc) is 3.23. The van der Waals surface area contributed by atoms with Crippen molar-refractivity contribution in [3.63, 3.8) is 0 Å². The van der Waals surface area contributed by atoms with E-state index in [1.165, 1.54) is 0 Å². The first-order valence-corrected chi connectivity index (χ1v) is 12.1. The Morgan fingerprint density at radius 2 is 1.81 bits per heavy atom. The third kappa shape index (κ3) is 4.77. The minimum Gasteiger partial charge on any atom is -0.346 e. The predicted octanol–water partition coefficient (Wildman–Crippen LogP) is 2.71. The van der Waals surface area contributed by atoms with Crippen LogP contribution in [0.1, 0.15) is 50.0 Å². The van der Waals surface area contributed by atoms with Crippen LogP contribution in [0.3, 0.4) is 0 Å². The van der Waals surface area contributed by atoms with Crippen molar-refractivity contribution in [1.29, 1.82) is 0 Å². The van der Waals surface area contributed by atoms with Crippen molar-refractivity contribution >= 4 is 21.6 Å². The first-order chi connectivity index (χ1) is 14.9. The predicted molar refractivity (Wildman–Crippen MR) is 117 cm³/mol. The molecule has 2 aromatic heterocycles. The minimum atomic E-state index is -3.43. The van der Waals surface area contributed by atoms with E-state index < -0.39 is 10.0 Å². The first-order valence-electron chi connectivity index (χ1n) is 10.6. The molecular weight excluding hydrogens is 414 g/mol. The number of pyridine rings is 1. The van der Waals surface area contributed by atoms with Crippen molar-refractivity contribution in [2.24, 2.45) is 0 Å². The van der Waals surface area contributed by atoms with E-state index in [1.807, 2.05) is 35.7 Å². The van der Waals surface area contributed by atoms with E-state index in [2.05, 4.69) is 15.5 Å². The number of amides is 1. The van der Waals surface area contributed by atoms with E-state index in [0.29, 0.717) is 36.7 Å². The summed E-state index contributed by atoms with van der Waals surface area (Å²) < 4.78 is 28.9. The van der Waals surface area contributed by atoms with Gasteiger partial charge in [-0.25, -0.2) is 8.42 Å². The zero-order valence-corrected chi connectivity index (χ0v) is 18.4. The highest BCUT2D eigenvalue weighted by molar-refractivity contribution is 7.89. The molecule has 1 aliphatic rings. The molecule has 0 radical (unpaired) electrons. The maximum absolute atomic E-state index is 12.7. The SMILES string of the molecule is C[C@@H](NC(=O)CCc1ccc(S(=O)(=O)N2CCCCC2)cc1)c1nnc2ccccn12. The quantitative estimate of drug-likeness (QED) is 0.608. The lowest BCUT2D eigenvalue weighted by atomic mass is 10.1. The maximum Gasteiger partial charge on any atom is 0.243 e. The number of aromatic nitrogens is 3. The second kappa shape index (κ2) is 9.15. The van der Waals surface area contributed by atoms with E-state index in [1.54, 1.807) is 28.6 Å². The van der Waals surface area contributed by atoms with E-state index in [0.717, 1.165) is 30.5 Å². The monoisotopic (exact) mass is 441 g/mol. The van der Waals surface area contributed by atoms with Gasteiger partial charge < -0.3 is 5.32 Å². The molecule has 0 bridgehead atoms. The van der Waals surface area contributed by atoms with E-state index in [4.69, 9.17) is 0 Å². The highest BCUT2D eigenvalue weighted by Gasteiger charge is 2.25. The number of carbonyl (C=O) groups is 1. The van der Waals surface area contributed by atoms with Crippen LogP contribution in [0.2, 0.25) is 0 Å². The molecule has 3 heterocycles. The third-order valence-electron chi connectivity index (χ3n) is 5.62. The Morgan fingerprint density at radius 1 is 1.06 bits per heavy atom. The van der Waals surface area contributed by atoms with E-state index in [-0.39, 0.29) is 11.9 Å². The summed E-state index contributed by atoms with van der Waals surface area (Å²) in [7, 11) is -3.43. The summed E-state index contributed by atoms with van der Waals surface area (Å²) >= 11 is 0. The van der Waals surface area contributed by atoms with Crippen molar-refractivity contribution in [2.75, 3.05) is 13.1 Å². The van der Waals surface area contributed by atoms with Gasteiger partial charge in [0.15, 0.2) is 11.5 Å². The minimum absolute atomic E-state index is 0.0924. The summed E-state index contributed by atoms with van der Waals surface area (Å²) in [6.07, 6.45) is 5.61. The zero-order chi connectivity index (χ0) is 21.8. The fourth-order valence-corrected chi connectivity index (χ4v) is 5.39. The summed E-state index contributed by atoms with van der Waals surface area (Å²) in [5.74, 6) is 0.585. The Morgan fingerprint density at radius 3 is 2.55 bits per heavy atom. The van der Waals surface area contributed by atoms with Gasteiger partial charge in [-0.1, -0.05) is 24.6 Å². The number of hydrogen-bond donors (Lipinski definition) is 1. The number of carbonyl (C=O) groups excluding carboxylic acids is 1. The first kappa shape index (κ1) is 21.5. The topological polar surface area (TPSA) is 96.7 Å². The number of benzene rings is 1. The van der Waals surface area contributed by atoms with Gasteiger partial charge in [-0.15, -0.1) is 10.2 Å². The molecule has 164 valence electrons. The summed E-state index contributed by atoms with van der Waals surface area (Å²) in [5, 5.41) is 11.2. The van der Waals surface area contributed by atoms with Crippen molar-refractivity contribution in [2.45, 2.75) is 50.0 Å². The number of sulfonamides is 1. The molecule has 4 rings (SSSR count). The Bertz CT molecular complexity index is 1150. The Kier molecular flexibility index (Phi) is 6.33. The standard InChI is InChI=1S/C22H27N5O3S/c1-17(22-25-24-20-7-3-6-16-27(20)22)23-21(28)13-10-18-8-11-19(12-9-18)31(29,30)26-14-4-2-5-15-26/h3,6-9,11-12,16-17H,2,4-5,10,13-15H2,1H3,(H,23,28)/t17-/m1/s1. The van der Waals surface area contributed by atoms with E-state index >= 15 is 0 Å². The second-order valence-corrected chi connectivity index (χ2v) is 9.82. The lowest BCUT2D eigenvalue weighted by Gasteiger charge is -2.25. The van der Waals surface area contributed by atoms with Gasteiger partial charge in [0, 0.05) is 25.7 Å². The molecule has 1 fully saturated rings. The van der Waals surface area contributed by atoms with Gasteiger partial charge in [-0.05, 0) is 56.0 Å². The number of fused-ring (bicyclic) bond motifs is 1. The van der Waals surface area contributed by atoms with Crippen molar-refractivity contribution < 1.29 is 13.2 Å². The Balaban J connectivity index is 1.33. The lowest BCUT2D eigenvalue weighted by Crippen LogP contribution is -2.35. The molecule has 8 nitrogen and oxygen atoms in total. The van der Waals surface area contributed by atoms with Crippen LogP contribution in [0.25, 0.3) is 5.65 Å². The van der Waals surface area contributed by atoms with Crippen LogP contribution in [-0.2, 0) is 21.2 Å². The molecule has 1 atom stereocenters. The van der Waals surface area contributed by atoms with E-state index in [9.17, 15) is 13.2 Å². The van der Waals surface area contributed by atoms with Crippen LogP contribution in [0.15, 0.2) is 53.6 Å². The van der Waals surface area contributed by atoms with Gasteiger partial charge in [-0.3, -0.25) is 9.20 Å². The van der Waals surface area contributed by atoms with Gasteiger partial charge >= 0.3 is 0 Å². The van der Waals surface area contributed by atoms with Gasteiger partial charge in [0.05, 0.1) is 10.9 Å². The van der Waals surface area contributed by atoms with Gasteiger partial charge in [0.25, 0.3) is 0 Å². The van der Waals surface area contributed by atoms with Crippen LogP contribution in [0.5, 0.6) is 0 Å². The highest BCUT2D eigenvalue weighted by Crippen LogP contribution is 2.21. The Labute approximate surface area is 182 Å². The number of nitrogens with zero attached hydrogens (tertiary/aromatic N) is 4. The molecule has 9 heteroatoms. The summed E-state index contributed by atoms with van der Waals surface area (Å²) in [5.41, 5.74) is 1.66. The third-order valence-corrected chi connectivity index (χ3v) is 7.53. The summed E-state index contributed by atoms with van der Waals surface area (Å²) in [4.78, 5) is 12.7. The van der Waals surface area contributed by atoms with Crippen LogP contribution in [0, 0.1) is 0 Å². The fraction of sp³-hybridized carbons (Fsp3) is 0.409. The number of rotatable bonds is 7. The molecule has 0 unspecified atom stereocenters. The second-order valence-electron chi connectivity index (χ2n) is 7.88. The number of piperidine rings is 1. The van der Waals surface area contributed by atoms with Crippen molar-refractivity contribution in [3.05, 3.63) is 60.0 Å². The zero-order valence-electron chi connectivity index (χ0n) is 17.6. The molecule has 1 amide bonds. The number of aryl methyl sites for hydroxylation is 1. The summed E-state index contributed by atoms with van der Waals surface area (Å²) in [6.45, 7) is 3.05. The van der Waals surface area contributed by atoms with Crippen LogP contribution in [0.4, 0.5) is 0 Å². The van der Waals surface area contributed by atoms with Gasteiger partial charge in [0.1, 0.15) is 0 Å². The molecule has 3 aromatic rings. The molecule has 0 spiro atoms.